The molecule has 43 heavy (non-hydrogen) atoms. The second kappa shape index (κ2) is 13.7. The van der Waals surface area contributed by atoms with Crippen LogP contribution in [-0.4, -0.2) is 62.2 Å². The number of anilines is 1. The molecule has 4 aromatic rings. The molecule has 0 amide bonds. The van der Waals surface area contributed by atoms with Crippen LogP contribution in [0.5, 0.6) is 5.75 Å². The average Bonchev–Trinajstić information content (AvgIpc) is 3.46. The van der Waals surface area contributed by atoms with Gasteiger partial charge in [-0.1, -0.05) is 48.5 Å². The quantitative estimate of drug-likeness (QED) is 0.120. The molecular formula is C28H31N6O8P. The Labute approximate surface area is 247 Å². The fraction of sp³-hybridized carbons (Fsp3) is 0.286. The van der Waals surface area contributed by atoms with Gasteiger partial charge in [-0.25, -0.2) is 14.1 Å². The molecule has 0 saturated heterocycles. The first-order valence-corrected chi connectivity index (χ1v) is 14.5. The first kappa shape index (κ1) is 31.6. The molecule has 0 aliphatic heterocycles. The van der Waals surface area contributed by atoms with Gasteiger partial charge in [-0.3, -0.25) is 9.32 Å². The minimum absolute atomic E-state index is 0.0211. The summed E-state index contributed by atoms with van der Waals surface area (Å²) in [7, 11) is -3.35. The number of nitriles is 1. The maximum absolute atomic E-state index is 14.0. The Kier molecular flexibility index (Phi) is 10.1. The molecule has 4 rings (SSSR count). The van der Waals surface area contributed by atoms with Gasteiger partial charge in [0.2, 0.25) is 5.60 Å². The molecular weight excluding hydrogens is 579 g/mol. The molecule has 5 N–H and O–H groups in total. The number of aromatic nitrogens is 3. The third kappa shape index (κ3) is 7.36. The number of para-hydroxylation sites is 1. The van der Waals surface area contributed by atoms with Crippen molar-refractivity contribution in [2.24, 2.45) is 0 Å². The third-order valence-corrected chi connectivity index (χ3v) is 8.12. The highest BCUT2D eigenvalue weighted by molar-refractivity contribution is 7.52. The van der Waals surface area contributed by atoms with E-state index in [0.717, 1.165) is 19.0 Å². The fourth-order valence-corrected chi connectivity index (χ4v) is 5.58. The Balaban J connectivity index is 1.54. The summed E-state index contributed by atoms with van der Waals surface area (Å²) in [6.07, 6.45) is -2.53. The monoisotopic (exact) mass is 610 g/mol. The predicted molar refractivity (Wildman–Crippen MR) is 153 cm³/mol. The number of esters is 1. The Bertz CT molecular complexity index is 1620. The summed E-state index contributed by atoms with van der Waals surface area (Å²) in [5.41, 5.74) is 4.77. The number of aliphatic hydroxyl groups is 2. The zero-order chi connectivity index (χ0) is 31.0. The van der Waals surface area contributed by atoms with Gasteiger partial charge in [0.15, 0.2) is 5.82 Å². The molecule has 0 aliphatic rings. The number of carbonyl (C=O) groups is 1. The van der Waals surface area contributed by atoms with E-state index < -0.39 is 44.2 Å². The number of rotatable bonds is 14. The Morgan fingerprint density at radius 3 is 2.47 bits per heavy atom. The molecule has 5 atom stereocenters. The molecule has 14 nitrogen and oxygen atoms in total. The highest BCUT2D eigenvalue weighted by Gasteiger charge is 2.47. The normalized spacial score (nSPS) is 16.3. The first-order valence-electron chi connectivity index (χ1n) is 13.0. The van der Waals surface area contributed by atoms with Gasteiger partial charge in [-0.2, -0.15) is 15.4 Å². The van der Waals surface area contributed by atoms with E-state index in [9.17, 15) is 24.8 Å². The molecule has 226 valence electrons. The number of nitrogen functional groups attached to an aromatic ring is 1. The van der Waals surface area contributed by atoms with E-state index in [-0.39, 0.29) is 23.9 Å². The zero-order valence-corrected chi connectivity index (χ0v) is 24.2. The van der Waals surface area contributed by atoms with Crippen LogP contribution < -0.4 is 15.3 Å². The molecule has 0 radical (unpaired) electrons. The molecule has 2 unspecified atom stereocenters. The number of hydrogen-bond acceptors (Lipinski definition) is 12. The van der Waals surface area contributed by atoms with E-state index in [0.29, 0.717) is 5.52 Å². The standard InChI is InChI=1S/C28H31N6O8P/c1-19(27(37)40-15-20-9-5-3-6-10-20)33-43(38,42-21-11-7-4-8-12-21)41-17-28(16-29,39-2)25(36)24(35)22-13-14-23-26(30)31-18-32-34(22)23/h3-14,18-19,24-25,35-36H,15,17H2,1-2H3,(H,33,38)(H2,30,31,32)/t19-,24-,25-,28?,43?/m0/s1. The second-order valence-electron chi connectivity index (χ2n) is 9.41. The highest BCUT2D eigenvalue weighted by atomic mass is 31.2. The lowest BCUT2D eigenvalue weighted by Gasteiger charge is -2.33. The van der Waals surface area contributed by atoms with E-state index in [1.807, 2.05) is 6.07 Å². The number of nitrogens with two attached hydrogens (primary N) is 1. The highest BCUT2D eigenvalue weighted by Crippen LogP contribution is 2.46. The summed E-state index contributed by atoms with van der Waals surface area (Å²) in [4.78, 5) is 16.6. The van der Waals surface area contributed by atoms with Crippen LogP contribution in [0, 0.1) is 11.3 Å². The van der Waals surface area contributed by atoms with Crippen molar-refractivity contribution in [2.45, 2.75) is 37.4 Å². The lowest BCUT2D eigenvalue weighted by Crippen LogP contribution is -2.50. The molecule has 2 heterocycles. The van der Waals surface area contributed by atoms with Crippen molar-refractivity contribution in [3.8, 4) is 11.8 Å². The van der Waals surface area contributed by atoms with Crippen molar-refractivity contribution in [2.75, 3.05) is 19.5 Å². The third-order valence-electron chi connectivity index (χ3n) is 6.49. The topological polar surface area (TPSA) is 204 Å². The van der Waals surface area contributed by atoms with Crippen molar-refractivity contribution in [1.29, 1.82) is 5.26 Å². The van der Waals surface area contributed by atoms with Gasteiger partial charge >= 0.3 is 13.7 Å². The number of fused-ring (bicyclic) bond motifs is 1. The first-order chi connectivity index (χ1) is 20.6. The van der Waals surface area contributed by atoms with Gasteiger partial charge in [0.1, 0.15) is 55.1 Å². The lowest BCUT2D eigenvalue weighted by atomic mass is 9.93. The van der Waals surface area contributed by atoms with Crippen LogP contribution in [0.15, 0.2) is 79.1 Å². The largest absolute Gasteiger partial charge is 0.460 e. The number of nitrogens with one attached hydrogen (secondary N) is 1. The maximum atomic E-state index is 14.0. The summed E-state index contributed by atoms with van der Waals surface area (Å²) in [6.45, 7) is 0.518. The minimum atomic E-state index is -4.46. The molecule has 0 spiro atoms. The molecule has 0 fully saturated rings. The van der Waals surface area contributed by atoms with Crippen LogP contribution in [0.3, 0.4) is 0 Å². The van der Waals surface area contributed by atoms with Crippen LogP contribution in [0.2, 0.25) is 0 Å². The second-order valence-corrected chi connectivity index (χ2v) is 11.1. The number of carbonyl (C=O) groups excluding carboxylic acids is 1. The van der Waals surface area contributed by atoms with Crippen LogP contribution in [0.1, 0.15) is 24.3 Å². The van der Waals surface area contributed by atoms with E-state index in [1.54, 1.807) is 48.5 Å². The van der Waals surface area contributed by atoms with Crippen molar-refractivity contribution in [1.82, 2.24) is 19.7 Å². The van der Waals surface area contributed by atoms with E-state index in [4.69, 9.17) is 24.3 Å². The number of aliphatic hydroxyl groups excluding tert-OH is 2. The van der Waals surface area contributed by atoms with Gasteiger partial charge in [-0.05, 0) is 36.8 Å². The van der Waals surface area contributed by atoms with E-state index in [1.165, 1.54) is 35.7 Å². The van der Waals surface area contributed by atoms with Gasteiger partial charge in [0.25, 0.3) is 0 Å². The average molecular weight is 611 g/mol. The van der Waals surface area contributed by atoms with Crippen LogP contribution in [0.4, 0.5) is 5.82 Å². The summed E-state index contributed by atoms with van der Waals surface area (Å²) < 4.78 is 37.1. The van der Waals surface area contributed by atoms with E-state index in [2.05, 4.69) is 15.2 Å². The molecule has 2 aromatic carbocycles. The Hall–Kier alpha value is -4.35. The number of benzene rings is 2. The Morgan fingerprint density at radius 2 is 1.81 bits per heavy atom. The summed E-state index contributed by atoms with van der Waals surface area (Å²) >= 11 is 0. The van der Waals surface area contributed by atoms with Crippen molar-refractivity contribution in [3.63, 3.8) is 0 Å². The molecule has 0 bridgehead atoms. The smallest absolute Gasteiger partial charge is 0.459 e. The molecule has 0 aliphatic carbocycles. The summed E-state index contributed by atoms with van der Waals surface area (Å²) in [6, 6.07) is 20.5. The van der Waals surface area contributed by atoms with Crippen molar-refractivity contribution < 1.29 is 38.1 Å². The van der Waals surface area contributed by atoms with E-state index >= 15 is 0 Å². The van der Waals surface area contributed by atoms with Crippen LogP contribution in [-0.2, 0) is 30.0 Å². The summed E-state index contributed by atoms with van der Waals surface area (Å²) in [5, 5.41) is 38.9. The van der Waals surface area contributed by atoms with Gasteiger partial charge in [-0.15, -0.1) is 0 Å². The predicted octanol–water partition coefficient (Wildman–Crippen LogP) is 2.54. The Morgan fingerprint density at radius 1 is 1.14 bits per heavy atom. The van der Waals surface area contributed by atoms with Crippen molar-refractivity contribution >= 4 is 25.1 Å². The minimum Gasteiger partial charge on any atom is -0.460 e. The maximum Gasteiger partial charge on any atom is 0.459 e. The van der Waals surface area contributed by atoms with Crippen LogP contribution >= 0.6 is 7.75 Å². The lowest BCUT2D eigenvalue weighted by molar-refractivity contribution is -0.146. The molecule has 15 heteroatoms. The fourth-order valence-electron chi connectivity index (χ4n) is 4.06. The van der Waals surface area contributed by atoms with Gasteiger partial charge in [0.05, 0.1) is 5.69 Å². The number of nitrogens with zero attached hydrogens (tertiary/aromatic N) is 4. The molecule has 2 aromatic heterocycles. The van der Waals surface area contributed by atoms with Crippen LogP contribution in [0.25, 0.3) is 5.52 Å². The summed E-state index contributed by atoms with van der Waals surface area (Å²) in [5.74, 6) is -0.494. The SMILES string of the molecule is COC(C#N)(COP(=O)(N[C@@H](C)C(=O)OCc1ccccc1)Oc1ccccc1)[C@@H](O)[C@@H](O)c1ccc2c(N)ncnn12. The zero-order valence-electron chi connectivity index (χ0n) is 23.3. The van der Waals surface area contributed by atoms with Gasteiger partial charge < -0.3 is 29.9 Å². The van der Waals surface area contributed by atoms with Gasteiger partial charge in [0, 0.05) is 7.11 Å². The molecule has 0 saturated carbocycles. The number of hydrogen-bond donors (Lipinski definition) is 4. The number of methoxy groups -OCH3 is 1. The van der Waals surface area contributed by atoms with Crippen molar-refractivity contribution in [3.05, 3.63) is 90.4 Å². The number of ether oxygens (including phenoxy) is 2.